The highest BCUT2D eigenvalue weighted by molar-refractivity contribution is 5.37. The molecule has 0 amide bonds. The summed E-state index contributed by atoms with van der Waals surface area (Å²) in [6, 6.07) is 10.2. The highest BCUT2D eigenvalue weighted by Gasteiger charge is 2.50. The Morgan fingerprint density at radius 3 is 2.59 bits per heavy atom. The zero-order valence-electron chi connectivity index (χ0n) is 18.8. The molecule has 6 rings (SSSR count). The summed E-state index contributed by atoms with van der Waals surface area (Å²) in [4.78, 5) is 5.00. The van der Waals surface area contributed by atoms with E-state index in [1.165, 1.54) is 57.2 Å². The minimum atomic E-state index is 0.300. The number of piperidine rings is 1. The Labute approximate surface area is 190 Å². The molecule has 0 N–H and O–H groups in total. The van der Waals surface area contributed by atoms with Gasteiger partial charge in [-0.1, -0.05) is 23.3 Å². The van der Waals surface area contributed by atoms with Gasteiger partial charge in [0, 0.05) is 37.4 Å². The van der Waals surface area contributed by atoms with E-state index in [0.29, 0.717) is 23.5 Å². The molecule has 0 bridgehead atoms. The molecule has 1 aliphatic carbocycles. The first-order valence-electron chi connectivity index (χ1n) is 12.4. The van der Waals surface area contributed by atoms with Crippen molar-refractivity contribution < 1.29 is 13.9 Å². The summed E-state index contributed by atoms with van der Waals surface area (Å²) in [5, 5.41) is 7.88. The third-order valence-electron chi connectivity index (χ3n) is 8.21. The summed E-state index contributed by atoms with van der Waals surface area (Å²) < 4.78 is 17.3. The Morgan fingerprint density at radius 1 is 1.00 bits per heavy atom. The number of likely N-dealkylation sites (tertiary alicyclic amines) is 1. The Kier molecular flexibility index (Phi) is 5.55. The fraction of sp³-hybridized carbons (Fsp3) is 0.680. The molecule has 1 aromatic heterocycles. The normalized spacial score (nSPS) is 27.0. The summed E-state index contributed by atoms with van der Waals surface area (Å²) in [5.74, 6) is 1.71. The van der Waals surface area contributed by atoms with Crippen molar-refractivity contribution in [2.75, 3.05) is 44.3 Å². The van der Waals surface area contributed by atoms with Crippen molar-refractivity contribution in [1.82, 2.24) is 15.1 Å². The molecule has 1 saturated carbocycles. The molecular formula is C25H34N4O3. The molecule has 7 nitrogen and oxygen atoms in total. The predicted molar refractivity (Wildman–Crippen MR) is 121 cm³/mol. The second kappa shape index (κ2) is 8.67. The summed E-state index contributed by atoms with van der Waals surface area (Å²) in [7, 11) is 0. The third-order valence-corrected chi connectivity index (χ3v) is 8.21. The third kappa shape index (κ3) is 4.01. The monoisotopic (exact) mass is 438 g/mol. The molecule has 2 aromatic rings. The molecule has 4 fully saturated rings. The molecule has 0 unspecified atom stereocenters. The van der Waals surface area contributed by atoms with Gasteiger partial charge >= 0.3 is 6.01 Å². The van der Waals surface area contributed by atoms with E-state index in [1.807, 2.05) is 0 Å². The summed E-state index contributed by atoms with van der Waals surface area (Å²) in [6.07, 6.45) is 10.1. The molecule has 1 atom stereocenters. The summed E-state index contributed by atoms with van der Waals surface area (Å²) >= 11 is 0. The molecule has 7 heteroatoms. The smallest absolute Gasteiger partial charge is 0.317 e. The lowest BCUT2D eigenvalue weighted by Gasteiger charge is -2.48. The number of aromatic nitrogens is 2. The molecule has 32 heavy (non-hydrogen) atoms. The molecular weight excluding hydrogens is 404 g/mol. The number of ether oxygens (including phenoxy) is 2. The number of hydrogen-bond donors (Lipinski definition) is 0. The van der Waals surface area contributed by atoms with Gasteiger partial charge < -0.3 is 23.7 Å². The van der Waals surface area contributed by atoms with Crippen molar-refractivity contribution in [2.24, 2.45) is 5.41 Å². The molecule has 4 aliphatic rings. The highest BCUT2D eigenvalue weighted by Crippen LogP contribution is 2.49. The van der Waals surface area contributed by atoms with Crippen molar-refractivity contribution >= 4 is 6.01 Å². The molecule has 3 aliphatic heterocycles. The molecule has 1 spiro atoms. The predicted octanol–water partition coefficient (Wildman–Crippen LogP) is 3.87. The lowest BCUT2D eigenvalue weighted by molar-refractivity contribution is 0.0248. The van der Waals surface area contributed by atoms with Gasteiger partial charge in [0.15, 0.2) is 0 Å². The number of para-hydroxylation sites is 1. The van der Waals surface area contributed by atoms with E-state index in [9.17, 15) is 0 Å². The minimum Gasteiger partial charge on any atom is -0.490 e. The van der Waals surface area contributed by atoms with Crippen LogP contribution in [-0.2, 0) is 4.74 Å². The van der Waals surface area contributed by atoms with Gasteiger partial charge in [0.1, 0.15) is 11.9 Å². The van der Waals surface area contributed by atoms with Gasteiger partial charge in [-0.15, -0.1) is 5.10 Å². The molecule has 172 valence electrons. The van der Waals surface area contributed by atoms with E-state index in [-0.39, 0.29) is 0 Å². The van der Waals surface area contributed by atoms with Gasteiger partial charge in [-0.05, 0) is 62.7 Å². The first-order valence-corrected chi connectivity index (χ1v) is 12.4. The number of hydrogen-bond acceptors (Lipinski definition) is 7. The van der Waals surface area contributed by atoms with E-state index in [1.54, 1.807) is 0 Å². The Bertz CT molecular complexity index is 884. The Hall–Kier alpha value is -2.12. The number of rotatable bonds is 5. The van der Waals surface area contributed by atoms with Crippen molar-refractivity contribution in [3.63, 3.8) is 0 Å². The lowest BCUT2D eigenvalue weighted by Crippen LogP contribution is -2.56. The van der Waals surface area contributed by atoms with Gasteiger partial charge in [0.25, 0.3) is 0 Å². The van der Waals surface area contributed by atoms with Crippen LogP contribution in [0.15, 0.2) is 35.1 Å². The second-order valence-corrected chi connectivity index (χ2v) is 10.3. The van der Waals surface area contributed by atoms with Gasteiger partial charge in [-0.2, -0.15) is 0 Å². The highest BCUT2D eigenvalue weighted by atomic mass is 16.5. The van der Waals surface area contributed by atoms with Crippen LogP contribution >= 0.6 is 0 Å². The largest absolute Gasteiger partial charge is 0.490 e. The topological polar surface area (TPSA) is 63.9 Å². The fourth-order valence-electron chi connectivity index (χ4n) is 6.45. The van der Waals surface area contributed by atoms with Crippen LogP contribution in [0.4, 0.5) is 6.01 Å². The zero-order chi connectivity index (χ0) is 21.4. The van der Waals surface area contributed by atoms with Gasteiger partial charge in [-0.25, -0.2) is 0 Å². The van der Waals surface area contributed by atoms with Crippen molar-refractivity contribution in [1.29, 1.82) is 0 Å². The average molecular weight is 439 g/mol. The fourth-order valence-corrected chi connectivity index (χ4v) is 6.45. The average Bonchev–Trinajstić information content (AvgIpc) is 3.50. The van der Waals surface area contributed by atoms with Crippen molar-refractivity contribution in [3.8, 4) is 5.75 Å². The van der Waals surface area contributed by atoms with E-state index in [4.69, 9.17) is 13.9 Å². The second-order valence-electron chi connectivity index (χ2n) is 10.3. The first kappa shape index (κ1) is 20.5. The van der Waals surface area contributed by atoms with Crippen LogP contribution in [0.5, 0.6) is 5.75 Å². The van der Waals surface area contributed by atoms with Gasteiger partial charge in [0.05, 0.1) is 13.2 Å². The van der Waals surface area contributed by atoms with Crippen molar-refractivity contribution in [3.05, 3.63) is 36.2 Å². The van der Waals surface area contributed by atoms with Gasteiger partial charge in [-0.3, -0.25) is 0 Å². The standard InChI is InChI=1S/C25H34N4O3/c1-2-4-23(32-21-8-13-30-14-9-21)22(3-1)19-6-11-28(12-7-19)20-5-10-25(15-20)16-29(17-25)24-27-26-18-31-24/h1-4,18-21H,5-17H2/t20-/m1/s1. The van der Waals surface area contributed by atoms with Crippen LogP contribution in [0.1, 0.15) is 56.4 Å². The Balaban J connectivity index is 1.03. The molecule has 0 radical (unpaired) electrons. The van der Waals surface area contributed by atoms with Crippen LogP contribution in [0, 0.1) is 5.41 Å². The number of benzene rings is 1. The van der Waals surface area contributed by atoms with E-state index in [2.05, 4.69) is 44.3 Å². The lowest BCUT2D eigenvalue weighted by atomic mass is 9.78. The van der Waals surface area contributed by atoms with Crippen LogP contribution in [0.3, 0.4) is 0 Å². The number of anilines is 1. The van der Waals surface area contributed by atoms with Crippen molar-refractivity contribution in [2.45, 2.75) is 63.0 Å². The summed E-state index contributed by atoms with van der Waals surface area (Å²) in [5.41, 5.74) is 1.87. The first-order chi connectivity index (χ1) is 15.8. The van der Waals surface area contributed by atoms with E-state index >= 15 is 0 Å². The quantitative estimate of drug-likeness (QED) is 0.702. The molecule has 3 saturated heterocycles. The van der Waals surface area contributed by atoms with Crippen LogP contribution in [0.2, 0.25) is 0 Å². The molecule has 4 heterocycles. The zero-order valence-corrected chi connectivity index (χ0v) is 18.8. The SMILES string of the molecule is c1ccc(C2CCN([C@@H]3CCC4(C3)CN(c3nnco3)C4)CC2)c(OC2CCOCC2)c1. The molecule has 1 aromatic carbocycles. The van der Waals surface area contributed by atoms with Crippen LogP contribution < -0.4 is 9.64 Å². The maximum Gasteiger partial charge on any atom is 0.317 e. The summed E-state index contributed by atoms with van der Waals surface area (Å²) in [6.45, 7) is 6.18. The van der Waals surface area contributed by atoms with Crippen LogP contribution in [0.25, 0.3) is 0 Å². The van der Waals surface area contributed by atoms with Gasteiger partial charge in [0.2, 0.25) is 6.39 Å². The van der Waals surface area contributed by atoms with E-state index in [0.717, 1.165) is 50.9 Å². The maximum absolute atomic E-state index is 6.44. The Morgan fingerprint density at radius 2 is 1.81 bits per heavy atom. The number of nitrogens with zero attached hydrogens (tertiary/aromatic N) is 4. The van der Waals surface area contributed by atoms with Crippen LogP contribution in [-0.4, -0.2) is 66.6 Å². The minimum absolute atomic E-state index is 0.300. The van der Waals surface area contributed by atoms with E-state index < -0.39 is 0 Å². The maximum atomic E-state index is 6.44.